The third-order valence-corrected chi connectivity index (χ3v) is 5.25. The Morgan fingerprint density at radius 1 is 1.29 bits per heavy atom. The van der Waals surface area contributed by atoms with Crippen molar-refractivity contribution in [3.8, 4) is 0 Å². The molecular formula is C18H22N4O2. The summed E-state index contributed by atoms with van der Waals surface area (Å²) in [6.07, 6.45) is 3.92. The van der Waals surface area contributed by atoms with Gasteiger partial charge in [0.2, 0.25) is 5.91 Å². The zero-order valence-corrected chi connectivity index (χ0v) is 14.1. The lowest BCUT2D eigenvalue weighted by atomic mass is 10.1. The summed E-state index contributed by atoms with van der Waals surface area (Å²) in [5.41, 5.74) is 2.39. The van der Waals surface area contributed by atoms with Crippen molar-refractivity contribution in [2.24, 2.45) is 0 Å². The molecule has 4 rings (SSSR count). The topological polar surface area (TPSA) is 57.9 Å². The van der Waals surface area contributed by atoms with Gasteiger partial charge in [-0.05, 0) is 44.4 Å². The number of hydrogen-bond donors (Lipinski definition) is 0. The Bertz CT molecular complexity index is 860. The van der Waals surface area contributed by atoms with Gasteiger partial charge in [0.05, 0.1) is 11.7 Å². The second-order valence-electron chi connectivity index (χ2n) is 6.95. The first-order chi connectivity index (χ1) is 11.5. The monoisotopic (exact) mass is 326 g/mol. The Balaban J connectivity index is 1.64. The fraction of sp³-hybridized carbons (Fsp3) is 0.500. The average Bonchev–Trinajstić information content (AvgIpc) is 3.00. The molecule has 0 saturated carbocycles. The second-order valence-corrected chi connectivity index (χ2v) is 6.95. The summed E-state index contributed by atoms with van der Waals surface area (Å²) in [6.45, 7) is 6.23. The summed E-state index contributed by atoms with van der Waals surface area (Å²) in [7, 11) is 0. The maximum atomic E-state index is 12.5. The van der Waals surface area contributed by atoms with Gasteiger partial charge in [-0.25, -0.2) is 4.98 Å². The molecule has 0 radical (unpaired) electrons. The van der Waals surface area contributed by atoms with Gasteiger partial charge in [0.1, 0.15) is 5.65 Å². The molecule has 2 aliphatic heterocycles. The van der Waals surface area contributed by atoms with Crippen LogP contribution in [-0.4, -0.2) is 50.3 Å². The maximum Gasteiger partial charge on any atom is 0.258 e. The highest BCUT2D eigenvalue weighted by Gasteiger charge is 2.40. The number of carbonyl (C=O) groups is 1. The zero-order chi connectivity index (χ0) is 16.8. The number of rotatable bonds is 2. The Labute approximate surface area is 140 Å². The molecule has 1 amide bonds. The largest absolute Gasteiger partial charge is 0.337 e. The van der Waals surface area contributed by atoms with E-state index in [0.29, 0.717) is 18.2 Å². The van der Waals surface area contributed by atoms with E-state index in [-0.39, 0.29) is 17.5 Å². The predicted molar refractivity (Wildman–Crippen MR) is 90.8 cm³/mol. The SMILES string of the molecule is Cc1ccn2c(=O)cc(CN3C[C@@H]4CCCN4C(=O)[C@H]3C)nc2c1. The summed E-state index contributed by atoms with van der Waals surface area (Å²) in [4.78, 5) is 33.6. The van der Waals surface area contributed by atoms with Crippen LogP contribution >= 0.6 is 0 Å². The van der Waals surface area contributed by atoms with Gasteiger partial charge in [-0.2, -0.15) is 0 Å². The normalized spacial score (nSPS) is 24.6. The first-order valence-electron chi connectivity index (χ1n) is 8.56. The molecule has 6 heteroatoms. The molecule has 2 aromatic heterocycles. The lowest BCUT2D eigenvalue weighted by Gasteiger charge is -2.41. The molecule has 24 heavy (non-hydrogen) atoms. The van der Waals surface area contributed by atoms with E-state index in [0.717, 1.165) is 37.2 Å². The fourth-order valence-corrected chi connectivity index (χ4v) is 3.88. The molecule has 2 aromatic rings. The van der Waals surface area contributed by atoms with Crippen molar-refractivity contribution in [1.82, 2.24) is 19.2 Å². The Morgan fingerprint density at radius 2 is 2.12 bits per heavy atom. The van der Waals surface area contributed by atoms with Crippen LogP contribution in [0.4, 0.5) is 0 Å². The highest BCUT2D eigenvalue weighted by molar-refractivity contribution is 5.83. The third-order valence-electron chi connectivity index (χ3n) is 5.25. The first kappa shape index (κ1) is 15.3. The summed E-state index contributed by atoms with van der Waals surface area (Å²) < 4.78 is 1.56. The summed E-state index contributed by atoms with van der Waals surface area (Å²) in [5, 5.41) is 0. The van der Waals surface area contributed by atoms with Crippen LogP contribution in [0.1, 0.15) is 31.0 Å². The van der Waals surface area contributed by atoms with E-state index in [1.165, 1.54) is 0 Å². The van der Waals surface area contributed by atoms with E-state index in [4.69, 9.17) is 0 Å². The maximum absolute atomic E-state index is 12.5. The Morgan fingerprint density at radius 3 is 2.96 bits per heavy atom. The lowest BCUT2D eigenvalue weighted by Crippen LogP contribution is -2.58. The van der Waals surface area contributed by atoms with Crippen molar-refractivity contribution >= 4 is 11.6 Å². The van der Waals surface area contributed by atoms with Gasteiger partial charge in [0.15, 0.2) is 0 Å². The third kappa shape index (κ3) is 2.51. The van der Waals surface area contributed by atoms with E-state index in [2.05, 4.69) is 9.88 Å². The molecule has 2 saturated heterocycles. The minimum Gasteiger partial charge on any atom is -0.337 e. The van der Waals surface area contributed by atoms with Crippen molar-refractivity contribution < 1.29 is 4.79 Å². The molecule has 4 heterocycles. The van der Waals surface area contributed by atoms with Gasteiger partial charge in [0, 0.05) is 37.9 Å². The van der Waals surface area contributed by atoms with Gasteiger partial charge in [-0.1, -0.05) is 0 Å². The number of hydrogen-bond acceptors (Lipinski definition) is 4. The van der Waals surface area contributed by atoms with Gasteiger partial charge in [-0.3, -0.25) is 18.9 Å². The number of nitrogens with zero attached hydrogens (tertiary/aromatic N) is 4. The van der Waals surface area contributed by atoms with Gasteiger partial charge in [-0.15, -0.1) is 0 Å². The van der Waals surface area contributed by atoms with E-state index in [1.54, 1.807) is 16.7 Å². The van der Waals surface area contributed by atoms with Crippen LogP contribution in [0.15, 0.2) is 29.2 Å². The van der Waals surface area contributed by atoms with Crippen molar-refractivity contribution in [2.75, 3.05) is 13.1 Å². The molecule has 2 aliphatic rings. The fourth-order valence-electron chi connectivity index (χ4n) is 3.88. The van der Waals surface area contributed by atoms with Crippen molar-refractivity contribution in [3.05, 3.63) is 46.0 Å². The molecule has 0 bridgehead atoms. The first-order valence-corrected chi connectivity index (χ1v) is 8.56. The molecule has 2 atom stereocenters. The average molecular weight is 326 g/mol. The number of piperazine rings is 1. The van der Waals surface area contributed by atoms with E-state index in [1.807, 2.05) is 30.9 Å². The van der Waals surface area contributed by atoms with Crippen molar-refractivity contribution in [2.45, 2.75) is 45.3 Å². The molecule has 6 nitrogen and oxygen atoms in total. The van der Waals surface area contributed by atoms with E-state index < -0.39 is 0 Å². The highest BCUT2D eigenvalue weighted by Crippen LogP contribution is 2.26. The molecule has 0 unspecified atom stereocenters. The number of aromatic nitrogens is 2. The molecule has 2 fully saturated rings. The van der Waals surface area contributed by atoms with Crippen LogP contribution in [0.3, 0.4) is 0 Å². The number of carbonyl (C=O) groups excluding carboxylic acids is 1. The smallest absolute Gasteiger partial charge is 0.258 e. The predicted octanol–water partition coefficient (Wildman–Crippen LogP) is 1.20. The number of pyridine rings is 1. The minimum atomic E-state index is -0.155. The number of aryl methyl sites for hydroxylation is 1. The summed E-state index contributed by atoms with van der Waals surface area (Å²) >= 11 is 0. The van der Waals surface area contributed by atoms with Gasteiger partial charge in [0.25, 0.3) is 5.56 Å². The number of fused-ring (bicyclic) bond motifs is 2. The van der Waals surface area contributed by atoms with Crippen LogP contribution < -0.4 is 5.56 Å². The molecule has 0 aromatic carbocycles. The van der Waals surface area contributed by atoms with Crippen molar-refractivity contribution in [3.63, 3.8) is 0 Å². The summed E-state index contributed by atoms with van der Waals surface area (Å²) in [5.74, 6) is 0.206. The highest BCUT2D eigenvalue weighted by atomic mass is 16.2. The summed E-state index contributed by atoms with van der Waals surface area (Å²) in [6, 6.07) is 5.56. The standard InChI is InChI=1S/C18H22N4O2/c1-12-5-7-22-16(8-12)19-14(9-17(22)23)10-20-11-15-4-3-6-21(15)18(24)13(20)2/h5,7-9,13,15H,3-4,6,10-11H2,1-2H3/t13-,15+/m1/s1. The quantitative estimate of drug-likeness (QED) is 0.832. The van der Waals surface area contributed by atoms with Crippen molar-refractivity contribution in [1.29, 1.82) is 0 Å². The second kappa shape index (κ2) is 5.70. The lowest BCUT2D eigenvalue weighted by molar-refractivity contribution is -0.143. The molecule has 0 N–H and O–H groups in total. The Kier molecular flexibility index (Phi) is 3.64. The molecule has 0 aliphatic carbocycles. The van der Waals surface area contributed by atoms with Crippen LogP contribution in [0, 0.1) is 6.92 Å². The van der Waals surface area contributed by atoms with Gasteiger partial charge >= 0.3 is 0 Å². The van der Waals surface area contributed by atoms with E-state index >= 15 is 0 Å². The molecular weight excluding hydrogens is 304 g/mol. The van der Waals surface area contributed by atoms with Crippen LogP contribution in [-0.2, 0) is 11.3 Å². The van der Waals surface area contributed by atoms with E-state index in [9.17, 15) is 9.59 Å². The molecule has 126 valence electrons. The molecule has 0 spiro atoms. The van der Waals surface area contributed by atoms with Crippen LogP contribution in [0.5, 0.6) is 0 Å². The van der Waals surface area contributed by atoms with Gasteiger partial charge < -0.3 is 4.90 Å². The Hall–Kier alpha value is -2.21. The number of amides is 1. The van der Waals surface area contributed by atoms with Crippen LogP contribution in [0.2, 0.25) is 0 Å². The van der Waals surface area contributed by atoms with Crippen LogP contribution in [0.25, 0.3) is 5.65 Å². The zero-order valence-electron chi connectivity index (χ0n) is 14.1. The minimum absolute atomic E-state index is 0.0755.